The van der Waals surface area contributed by atoms with Crippen molar-refractivity contribution in [1.29, 1.82) is 0 Å². The Hall–Kier alpha value is -2.25. The fourth-order valence-corrected chi connectivity index (χ4v) is 3.29. The van der Waals surface area contributed by atoms with E-state index in [1.54, 1.807) is 6.07 Å². The predicted octanol–water partition coefficient (Wildman–Crippen LogP) is 4.17. The maximum absolute atomic E-state index is 10.8. The molecule has 3 aromatic rings. The zero-order chi connectivity index (χ0) is 15.7. The number of hydrogen-bond acceptors (Lipinski definition) is 6. The number of benzene rings is 1. The monoisotopic (exact) mass is 334 g/mol. The molecule has 0 aliphatic heterocycles. The second-order valence-corrected chi connectivity index (χ2v) is 5.92. The normalized spacial score (nSPS) is 10.8. The first-order valence-electron chi connectivity index (χ1n) is 6.43. The third-order valence-electron chi connectivity index (χ3n) is 3.17. The Bertz CT molecular complexity index is 865. The number of non-ortho nitro benzene ring substituents is 1. The Labute approximate surface area is 134 Å². The van der Waals surface area contributed by atoms with E-state index in [9.17, 15) is 10.1 Å². The van der Waals surface area contributed by atoms with Gasteiger partial charge >= 0.3 is 0 Å². The Morgan fingerprint density at radius 3 is 3.00 bits per heavy atom. The van der Waals surface area contributed by atoms with Crippen LogP contribution in [0.25, 0.3) is 10.2 Å². The first-order chi connectivity index (χ1) is 10.5. The average molecular weight is 335 g/mol. The van der Waals surface area contributed by atoms with Crippen LogP contribution in [0.2, 0.25) is 5.28 Å². The Balaban J connectivity index is 1.89. The molecule has 0 amide bonds. The third-order valence-corrected chi connectivity index (χ3v) is 4.33. The van der Waals surface area contributed by atoms with Gasteiger partial charge in [0.05, 0.1) is 10.3 Å². The standard InChI is InChI=1S/C14H11ClN4O2S/c1-8-7-22-13-11(8)12(17-14(15)18-13)16-6-9-3-2-4-10(5-9)19(20)21/h2-5,7H,6H2,1H3,(H,16,17,18). The lowest BCUT2D eigenvalue weighted by atomic mass is 10.2. The summed E-state index contributed by atoms with van der Waals surface area (Å²) in [5, 5.41) is 17.1. The van der Waals surface area contributed by atoms with Crippen LogP contribution in [0.1, 0.15) is 11.1 Å². The molecule has 0 radical (unpaired) electrons. The van der Waals surface area contributed by atoms with Crippen LogP contribution in [0.15, 0.2) is 29.6 Å². The van der Waals surface area contributed by atoms with Gasteiger partial charge in [0.15, 0.2) is 0 Å². The number of halogens is 1. The van der Waals surface area contributed by atoms with Gasteiger partial charge in [-0.05, 0) is 35.0 Å². The number of nitro benzene ring substituents is 1. The van der Waals surface area contributed by atoms with Crippen LogP contribution in [-0.4, -0.2) is 14.9 Å². The molecule has 1 aromatic carbocycles. The van der Waals surface area contributed by atoms with Crippen molar-refractivity contribution in [2.45, 2.75) is 13.5 Å². The van der Waals surface area contributed by atoms with Gasteiger partial charge in [-0.2, -0.15) is 0 Å². The van der Waals surface area contributed by atoms with Gasteiger partial charge in [0.2, 0.25) is 5.28 Å². The zero-order valence-corrected chi connectivity index (χ0v) is 13.1. The van der Waals surface area contributed by atoms with Crippen molar-refractivity contribution >= 4 is 44.7 Å². The molecule has 2 heterocycles. The Morgan fingerprint density at radius 1 is 1.41 bits per heavy atom. The van der Waals surface area contributed by atoms with E-state index < -0.39 is 4.92 Å². The van der Waals surface area contributed by atoms with Gasteiger partial charge < -0.3 is 5.32 Å². The van der Waals surface area contributed by atoms with Crippen LogP contribution in [0, 0.1) is 17.0 Å². The van der Waals surface area contributed by atoms with Gasteiger partial charge in [-0.15, -0.1) is 11.3 Å². The van der Waals surface area contributed by atoms with Crippen LogP contribution in [0.3, 0.4) is 0 Å². The molecule has 3 rings (SSSR count). The molecule has 0 saturated carbocycles. The number of nitrogens with one attached hydrogen (secondary N) is 1. The van der Waals surface area contributed by atoms with E-state index in [4.69, 9.17) is 11.6 Å². The predicted molar refractivity (Wildman–Crippen MR) is 87.6 cm³/mol. The lowest BCUT2D eigenvalue weighted by molar-refractivity contribution is -0.384. The fraction of sp³-hybridized carbons (Fsp3) is 0.143. The van der Waals surface area contributed by atoms with Crippen LogP contribution in [0.5, 0.6) is 0 Å². The summed E-state index contributed by atoms with van der Waals surface area (Å²) in [4.78, 5) is 19.6. The summed E-state index contributed by atoms with van der Waals surface area (Å²) in [6.45, 7) is 2.40. The highest BCUT2D eigenvalue weighted by Gasteiger charge is 2.12. The molecular weight excluding hydrogens is 324 g/mol. The second kappa shape index (κ2) is 5.86. The summed E-state index contributed by atoms with van der Waals surface area (Å²) in [7, 11) is 0. The van der Waals surface area contributed by atoms with Crippen molar-refractivity contribution in [3.63, 3.8) is 0 Å². The largest absolute Gasteiger partial charge is 0.365 e. The summed E-state index contributed by atoms with van der Waals surface area (Å²) < 4.78 is 0. The topological polar surface area (TPSA) is 81.0 Å². The number of aromatic nitrogens is 2. The maximum Gasteiger partial charge on any atom is 0.269 e. The summed E-state index contributed by atoms with van der Waals surface area (Å²) in [6, 6.07) is 6.48. The lowest BCUT2D eigenvalue weighted by Crippen LogP contribution is -2.03. The molecule has 6 nitrogen and oxygen atoms in total. The molecule has 0 spiro atoms. The van der Waals surface area contributed by atoms with E-state index in [0.29, 0.717) is 12.4 Å². The van der Waals surface area contributed by atoms with Gasteiger partial charge in [0.25, 0.3) is 5.69 Å². The molecule has 22 heavy (non-hydrogen) atoms. The summed E-state index contributed by atoms with van der Waals surface area (Å²) in [6.07, 6.45) is 0. The SMILES string of the molecule is Cc1csc2nc(Cl)nc(NCc3cccc([N+](=O)[O-])c3)c12. The lowest BCUT2D eigenvalue weighted by Gasteiger charge is -2.08. The van der Waals surface area contributed by atoms with E-state index in [1.807, 2.05) is 18.4 Å². The molecule has 2 aromatic heterocycles. The van der Waals surface area contributed by atoms with Crippen molar-refractivity contribution in [3.05, 3.63) is 56.2 Å². The fourth-order valence-electron chi connectivity index (χ4n) is 2.15. The summed E-state index contributed by atoms with van der Waals surface area (Å²) in [5.41, 5.74) is 1.93. The number of nitrogens with zero attached hydrogens (tertiary/aromatic N) is 3. The number of nitro groups is 1. The van der Waals surface area contributed by atoms with E-state index in [-0.39, 0.29) is 11.0 Å². The van der Waals surface area contributed by atoms with E-state index in [0.717, 1.165) is 21.3 Å². The summed E-state index contributed by atoms with van der Waals surface area (Å²) in [5.74, 6) is 0.639. The third kappa shape index (κ3) is 2.86. The first-order valence-corrected chi connectivity index (χ1v) is 7.69. The van der Waals surface area contributed by atoms with Gasteiger partial charge in [-0.1, -0.05) is 12.1 Å². The molecule has 1 N–H and O–H groups in total. The minimum Gasteiger partial charge on any atom is -0.365 e. The molecule has 0 atom stereocenters. The molecule has 0 saturated heterocycles. The highest BCUT2D eigenvalue weighted by Crippen LogP contribution is 2.30. The Kier molecular flexibility index (Phi) is 3.91. The summed E-state index contributed by atoms with van der Waals surface area (Å²) >= 11 is 7.44. The first kappa shape index (κ1) is 14.7. The van der Waals surface area contributed by atoms with Crippen molar-refractivity contribution in [2.75, 3.05) is 5.32 Å². The van der Waals surface area contributed by atoms with Crippen LogP contribution in [-0.2, 0) is 6.54 Å². The molecule has 0 aliphatic carbocycles. The number of thiophene rings is 1. The minimum absolute atomic E-state index is 0.0666. The van der Waals surface area contributed by atoms with E-state index in [1.165, 1.54) is 23.5 Å². The Morgan fingerprint density at radius 2 is 2.23 bits per heavy atom. The van der Waals surface area contributed by atoms with Crippen molar-refractivity contribution in [3.8, 4) is 0 Å². The maximum atomic E-state index is 10.8. The van der Waals surface area contributed by atoms with Crippen molar-refractivity contribution < 1.29 is 4.92 Å². The van der Waals surface area contributed by atoms with Crippen molar-refractivity contribution in [1.82, 2.24) is 9.97 Å². The zero-order valence-electron chi connectivity index (χ0n) is 11.5. The molecular formula is C14H11ClN4O2S. The molecule has 0 unspecified atom stereocenters. The highest BCUT2D eigenvalue weighted by molar-refractivity contribution is 7.17. The van der Waals surface area contributed by atoms with Gasteiger partial charge in [0, 0.05) is 18.7 Å². The molecule has 0 fully saturated rings. The minimum atomic E-state index is -0.410. The second-order valence-electron chi connectivity index (χ2n) is 4.72. The molecule has 0 aliphatic rings. The molecule has 0 bridgehead atoms. The van der Waals surface area contributed by atoms with Crippen LogP contribution >= 0.6 is 22.9 Å². The number of hydrogen-bond donors (Lipinski definition) is 1. The number of anilines is 1. The average Bonchev–Trinajstić information content (AvgIpc) is 2.86. The van der Waals surface area contributed by atoms with Gasteiger partial charge in [-0.25, -0.2) is 9.97 Å². The van der Waals surface area contributed by atoms with Gasteiger partial charge in [-0.3, -0.25) is 10.1 Å². The highest BCUT2D eigenvalue weighted by atomic mass is 35.5. The van der Waals surface area contributed by atoms with Crippen molar-refractivity contribution in [2.24, 2.45) is 0 Å². The van der Waals surface area contributed by atoms with Crippen LogP contribution < -0.4 is 5.32 Å². The number of rotatable bonds is 4. The smallest absolute Gasteiger partial charge is 0.269 e. The van der Waals surface area contributed by atoms with E-state index >= 15 is 0 Å². The van der Waals surface area contributed by atoms with Gasteiger partial charge in [0.1, 0.15) is 10.6 Å². The quantitative estimate of drug-likeness (QED) is 0.440. The van der Waals surface area contributed by atoms with Crippen LogP contribution in [0.4, 0.5) is 11.5 Å². The molecule has 112 valence electrons. The number of aryl methyl sites for hydroxylation is 1. The number of fused-ring (bicyclic) bond motifs is 1. The molecule has 8 heteroatoms. The van der Waals surface area contributed by atoms with E-state index in [2.05, 4.69) is 15.3 Å².